The van der Waals surface area contributed by atoms with E-state index in [2.05, 4.69) is 0 Å². The van der Waals surface area contributed by atoms with E-state index in [4.69, 9.17) is 4.74 Å². The summed E-state index contributed by atoms with van der Waals surface area (Å²) in [5.74, 6) is -0.353. The number of carbonyl (C=O) groups is 1. The van der Waals surface area contributed by atoms with Gasteiger partial charge in [-0.05, 0) is 37.1 Å². The van der Waals surface area contributed by atoms with Crippen LogP contribution in [0.5, 0.6) is 0 Å². The minimum absolute atomic E-state index is 0.196. The van der Waals surface area contributed by atoms with E-state index in [9.17, 15) is 13.2 Å². The number of hydrogen-bond acceptors (Lipinski definition) is 4. The van der Waals surface area contributed by atoms with Crippen molar-refractivity contribution in [2.24, 2.45) is 0 Å². The first-order chi connectivity index (χ1) is 10.4. The van der Waals surface area contributed by atoms with Crippen LogP contribution in [-0.2, 0) is 19.4 Å². The van der Waals surface area contributed by atoms with Crippen molar-refractivity contribution in [3.05, 3.63) is 59.2 Å². The molecular formula is C17H18O4S. The summed E-state index contributed by atoms with van der Waals surface area (Å²) in [5.41, 5.74) is 2.90. The highest BCUT2D eigenvalue weighted by Crippen LogP contribution is 2.31. The van der Waals surface area contributed by atoms with Crippen LogP contribution in [0.4, 0.5) is 0 Å². The third-order valence-electron chi connectivity index (χ3n) is 3.43. The standard InChI is InChI=1S/C17H18O4S/c1-4-6-12(5-2)16-15(11-21-17(16)18)13-7-9-14(10-8-13)22(3,19)20/h4-10H,11H2,1-3H3/b6-4-,12-5+. The Morgan fingerprint density at radius 3 is 2.32 bits per heavy atom. The van der Waals surface area contributed by atoms with Crippen molar-refractivity contribution in [2.75, 3.05) is 12.9 Å². The molecule has 0 radical (unpaired) electrons. The molecule has 22 heavy (non-hydrogen) atoms. The van der Waals surface area contributed by atoms with Crippen molar-refractivity contribution in [3.63, 3.8) is 0 Å². The molecule has 0 aliphatic carbocycles. The number of benzene rings is 1. The van der Waals surface area contributed by atoms with Crippen molar-refractivity contribution in [3.8, 4) is 0 Å². The first-order valence-corrected chi connectivity index (χ1v) is 8.77. The van der Waals surface area contributed by atoms with Crippen LogP contribution in [0.25, 0.3) is 5.57 Å². The average molecular weight is 318 g/mol. The molecule has 1 aliphatic heterocycles. The van der Waals surface area contributed by atoms with Gasteiger partial charge in [-0.2, -0.15) is 0 Å². The van der Waals surface area contributed by atoms with E-state index >= 15 is 0 Å². The van der Waals surface area contributed by atoms with Gasteiger partial charge in [0.2, 0.25) is 0 Å². The Kier molecular flexibility index (Phi) is 4.66. The largest absolute Gasteiger partial charge is 0.457 e. The maximum Gasteiger partial charge on any atom is 0.339 e. The lowest BCUT2D eigenvalue weighted by Crippen LogP contribution is -2.01. The number of cyclic esters (lactones) is 1. The SMILES string of the molecule is C/C=C\C(=C/C)C1=C(c2ccc(S(C)(=O)=O)cc2)COC1=O. The summed E-state index contributed by atoms with van der Waals surface area (Å²) in [6.45, 7) is 3.94. The van der Waals surface area contributed by atoms with Crippen LogP contribution in [0.3, 0.4) is 0 Å². The van der Waals surface area contributed by atoms with E-state index in [0.717, 1.165) is 16.7 Å². The summed E-state index contributed by atoms with van der Waals surface area (Å²) < 4.78 is 28.2. The van der Waals surface area contributed by atoms with Crippen LogP contribution >= 0.6 is 0 Å². The van der Waals surface area contributed by atoms with Gasteiger partial charge in [-0.3, -0.25) is 0 Å². The molecule has 0 amide bonds. The monoisotopic (exact) mass is 318 g/mol. The number of sulfone groups is 1. The van der Waals surface area contributed by atoms with Crippen molar-refractivity contribution in [2.45, 2.75) is 18.7 Å². The van der Waals surface area contributed by atoms with Crippen molar-refractivity contribution in [1.29, 1.82) is 0 Å². The Labute approximate surface area is 130 Å². The molecule has 1 aliphatic rings. The lowest BCUT2D eigenvalue weighted by Gasteiger charge is -2.06. The maximum absolute atomic E-state index is 12.0. The summed E-state index contributed by atoms with van der Waals surface area (Å²) in [4.78, 5) is 12.3. The molecule has 1 aromatic rings. The predicted octanol–water partition coefficient (Wildman–Crippen LogP) is 2.92. The molecule has 0 saturated heterocycles. The van der Waals surface area contributed by atoms with Gasteiger partial charge in [0.15, 0.2) is 9.84 Å². The summed E-state index contributed by atoms with van der Waals surface area (Å²) in [5, 5.41) is 0. The van der Waals surface area contributed by atoms with Crippen molar-refractivity contribution < 1.29 is 17.9 Å². The normalized spacial score (nSPS) is 16.5. The molecule has 116 valence electrons. The van der Waals surface area contributed by atoms with E-state index in [-0.39, 0.29) is 17.5 Å². The van der Waals surface area contributed by atoms with Gasteiger partial charge in [-0.25, -0.2) is 13.2 Å². The number of allylic oxidation sites excluding steroid dienone is 3. The predicted molar refractivity (Wildman–Crippen MR) is 86.0 cm³/mol. The van der Waals surface area contributed by atoms with Crippen LogP contribution in [0.15, 0.2) is 58.5 Å². The second-order valence-electron chi connectivity index (χ2n) is 4.97. The molecule has 0 aromatic heterocycles. The topological polar surface area (TPSA) is 60.4 Å². The fourth-order valence-corrected chi connectivity index (χ4v) is 2.96. The number of rotatable bonds is 4. The van der Waals surface area contributed by atoms with Gasteiger partial charge >= 0.3 is 5.97 Å². The summed E-state index contributed by atoms with van der Waals surface area (Å²) in [6.07, 6.45) is 6.73. The highest BCUT2D eigenvalue weighted by atomic mass is 32.2. The summed E-state index contributed by atoms with van der Waals surface area (Å²) >= 11 is 0. The minimum Gasteiger partial charge on any atom is -0.457 e. The maximum atomic E-state index is 12.0. The van der Waals surface area contributed by atoms with E-state index in [1.165, 1.54) is 6.26 Å². The zero-order chi connectivity index (χ0) is 16.3. The number of esters is 1. The fourth-order valence-electron chi connectivity index (χ4n) is 2.33. The smallest absolute Gasteiger partial charge is 0.339 e. The number of carbonyl (C=O) groups excluding carboxylic acids is 1. The second kappa shape index (κ2) is 6.32. The zero-order valence-electron chi connectivity index (χ0n) is 12.8. The number of hydrogen-bond donors (Lipinski definition) is 0. The van der Waals surface area contributed by atoms with Crippen molar-refractivity contribution >= 4 is 21.4 Å². The Morgan fingerprint density at radius 2 is 1.82 bits per heavy atom. The van der Waals surface area contributed by atoms with E-state index in [1.54, 1.807) is 24.3 Å². The third kappa shape index (κ3) is 3.20. The van der Waals surface area contributed by atoms with E-state index in [1.807, 2.05) is 32.1 Å². The molecule has 0 fully saturated rings. The molecular weight excluding hydrogens is 300 g/mol. The molecule has 0 atom stereocenters. The van der Waals surface area contributed by atoms with E-state index in [0.29, 0.717) is 5.57 Å². The van der Waals surface area contributed by atoms with Crippen LogP contribution in [0, 0.1) is 0 Å². The Hall–Kier alpha value is -2.14. The number of ether oxygens (including phenoxy) is 1. The van der Waals surface area contributed by atoms with Gasteiger partial charge < -0.3 is 4.74 Å². The molecule has 1 heterocycles. The van der Waals surface area contributed by atoms with Crippen LogP contribution in [0.2, 0.25) is 0 Å². The van der Waals surface area contributed by atoms with Gasteiger partial charge in [0.05, 0.1) is 10.5 Å². The van der Waals surface area contributed by atoms with Crippen LogP contribution < -0.4 is 0 Å². The lowest BCUT2D eigenvalue weighted by atomic mass is 9.96. The molecule has 4 nitrogen and oxygen atoms in total. The molecule has 1 aromatic carbocycles. The van der Waals surface area contributed by atoms with Gasteiger partial charge in [0.1, 0.15) is 6.61 Å². The Balaban J connectivity index is 2.53. The molecule has 0 bridgehead atoms. The van der Waals surface area contributed by atoms with Crippen molar-refractivity contribution in [1.82, 2.24) is 0 Å². The lowest BCUT2D eigenvalue weighted by molar-refractivity contribution is -0.135. The first kappa shape index (κ1) is 16.2. The highest BCUT2D eigenvalue weighted by Gasteiger charge is 2.27. The van der Waals surface area contributed by atoms with Gasteiger partial charge in [-0.1, -0.05) is 30.4 Å². The summed E-state index contributed by atoms with van der Waals surface area (Å²) in [7, 11) is -3.23. The minimum atomic E-state index is -3.23. The molecule has 5 heteroatoms. The van der Waals surface area contributed by atoms with Crippen LogP contribution in [0.1, 0.15) is 19.4 Å². The highest BCUT2D eigenvalue weighted by molar-refractivity contribution is 7.90. The average Bonchev–Trinajstić information content (AvgIpc) is 2.86. The second-order valence-corrected chi connectivity index (χ2v) is 6.99. The van der Waals surface area contributed by atoms with Gasteiger partial charge in [0.25, 0.3) is 0 Å². The molecule has 2 rings (SSSR count). The molecule has 0 unspecified atom stereocenters. The quantitative estimate of drug-likeness (QED) is 0.632. The first-order valence-electron chi connectivity index (χ1n) is 6.88. The van der Waals surface area contributed by atoms with Gasteiger partial charge in [0, 0.05) is 11.8 Å². The van der Waals surface area contributed by atoms with Gasteiger partial charge in [-0.15, -0.1) is 0 Å². The molecule has 0 saturated carbocycles. The Morgan fingerprint density at radius 1 is 1.18 bits per heavy atom. The Bertz CT molecular complexity index is 778. The molecule has 0 N–H and O–H groups in total. The third-order valence-corrected chi connectivity index (χ3v) is 4.56. The summed E-state index contributed by atoms with van der Waals surface area (Å²) in [6, 6.07) is 6.50. The van der Waals surface area contributed by atoms with Crippen LogP contribution in [-0.4, -0.2) is 27.2 Å². The molecule has 0 spiro atoms. The fraction of sp³-hybridized carbons (Fsp3) is 0.235. The zero-order valence-corrected chi connectivity index (χ0v) is 13.6. The van der Waals surface area contributed by atoms with E-state index < -0.39 is 9.84 Å².